The average Bonchev–Trinajstić information content (AvgIpc) is 3.01. The molecule has 1 fully saturated rings. The Balaban J connectivity index is 1.76. The van der Waals surface area contributed by atoms with Crippen molar-refractivity contribution >= 4 is 50.8 Å². The summed E-state index contributed by atoms with van der Waals surface area (Å²) in [5.41, 5.74) is 1.85. The first-order valence-corrected chi connectivity index (χ1v) is 11.8. The first-order chi connectivity index (χ1) is 15.2. The Labute approximate surface area is 200 Å². The number of nitrogens with zero attached hydrogens (tertiary/aromatic N) is 2. The molecule has 1 amide bonds. The van der Waals surface area contributed by atoms with Gasteiger partial charge in [-0.15, -0.1) is 0 Å². The molecule has 168 valence electrons. The molecule has 0 saturated carbocycles. The van der Waals surface area contributed by atoms with Crippen LogP contribution < -0.4 is 4.74 Å². The SMILES string of the molecule is CC(C)N=C1S/C(=C/c2ccc(OCc3cccc(C(=O)O)c3)c(Br)c2)C(=O)N1C(C)C. The van der Waals surface area contributed by atoms with Gasteiger partial charge in [-0.2, -0.15) is 0 Å². The number of amides is 1. The molecule has 0 aliphatic carbocycles. The lowest BCUT2D eigenvalue weighted by molar-refractivity contribution is -0.123. The lowest BCUT2D eigenvalue weighted by atomic mass is 10.1. The first-order valence-electron chi connectivity index (χ1n) is 10.2. The number of hydrogen-bond donors (Lipinski definition) is 1. The van der Waals surface area contributed by atoms with Crippen molar-refractivity contribution in [2.24, 2.45) is 4.99 Å². The topological polar surface area (TPSA) is 79.2 Å². The first kappa shape index (κ1) is 24.1. The number of benzene rings is 2. The molecular weight excluding hydrogens is 492 g/mol. The number of carboxylic acids is 1. The molecule has 1 heterocycles. The zero-order valence-corrected chi connectivity index (χ0v) is 20.7. The Bertz CT molecular complexity index is 1100. The van der Waals surface area contributed by atoms with Gasteiger partial charge in [0.25, 0.3) is 5.91 Å². The third kappa shape index (κ3) is 5.81. The van der Waals surface area contributed by atoms with Gasteiger partial charge >= 0.3 is 5.97 Å². The third-order valence-corrected chi connectivity index (χ3v) is 6.16. The summed E-state index contributed by atoms with van der Waals surface area (Å²) in [5, 5.41) is 9.85. The molecule has 0 spiro atoms. The van der Waals surface area contributed by atoms with Gasteiger partial charge in [-0.3, -0.25) is 14.7 Å². The van der Waals surface area contributed by atoms with Crippen LogP contribution in [0.5, 0.6) is 5.75 Å². The number of halogens is 1. The molecule has 1 aliphatic rings. The van der Waals surface area contributed by atoms with Crippen LogP contribution in [0.3, 0.4) is 0 Å². The van der Waals surface area contributed by atoms with E-state index in [1.54, 1.807) is 23.1 Å². The summed E-state index contributed by atoms with van der Waals surface area (Å²) in [4.78, 5) is 31.0. The molecule has 0 bridgehead atoms. The fourth-order valence-corrected chi connectivity index (χ4v) is 4.83. The number of carbonyl (C=O) groups is 2. The molecule has 32 heavy (non-hydrogen) atoms. The van der Waals surface area contributed by atoms with Crippen LogP contribution in [-0.2, 0) is 11.4 Å². The van der Waals surface area contributed by atoms with Crippen molar-refractivity contribution in [2.75, 3.05) is 0 Å². The van der Waals surface area contributed by atoms with Crippen molar-refractivity contribution in [3.05, 3.63) is 68.5 Å². The number of carbonyl (C=O) groups excluding carboxylic acids is 1. The molecule has 0 aromatic heterocycles. The van der Waals surface area contributed by atoms with Crippen LogP contribution in [0.25, 0.3) is 6.08 Å². The molecule has 0 radical (unpaired) electrons. The second-order valence-corrected chi connectivity index (χ2v) is 9.73. The lowest BCUT2D eigenvalue weighted by Crippen LogP contribution is -2.35. The molecule has 2 aromatic carbocycles. The molecule has 2 aromatic rings. The third-order valence-electron chi connectivity index (χ3n) is 4.54. The molecular formula is C24H25BrN2O4S. The highest BCUT2D eigenvalue weighted by atomic mass is 79.9. The molecule has 0 unspecified atom stereocenters. The number of rotatable bonds is 7. The Morgan fingerprint density at radius 1 is 1.22 bits per heavy atom. The lowest BCUT2D eigenvalue weighted by Gasteiger charge is -2.20. The van der Waals surface area contributed by atoms with E-state index in [1.807, 2.05) is 58.0 Å². The molecule has 1 aliphatic heterocycles. The van der Waals surface area contributed by atoms with Crippen LogP contribution in [0.4, 0.5) is 0 Å². The number of ether oxygens (including phenoxy) is 1. The Morgan fingerprint density at radius 3 is 2.59 bits per heavy atom. The van der Waals surface area contributed by atoms with Gasteiger partial charge in [-0.05, 0) is 96.9 Å². The van der Waals surface area contributed by atoms with Crippen molar-refractivity contribution in [1.82, 2.24) is 4.90 Å². The molecule has 8 heteroatoms. The predicted octanol–water partition coefficient (Wildman–Crippen LogP) is 5.82. The zero-order valence-electron chi connectivity index (χ0n) is 18.3. The van der Waals surface area contributed by atoms with E-state index in [0.29, 0.717) is 10.7 Å². The van der Waals surface area contributed by atoms with E-state index < -0.39 is 5.97 Å². The van der Waals surface area contributed by atoms with E-state index in [9.17, 15) is 9.59 Å². The summed E-state index contributed by atoms with van der Waals surface area (Å²) in [5.74, 6) is -0.384. The van der Waals surface area contributed by atoms with Crippen molar-refractivity contribution in [1.29, 1.82) is 0 Å². The van der Waals surface area contributed by atoms with Crippen LogP contribution >= 0.6 is 27.7 Å². The second-order valence-electron chi connectivity index (χ2n) is 7.87. The fraction of sp³-hybridized carbons (Fsp3) is 0.292. The average molecular weight is 517 g/mol. The minimum atomic E-state index is -0.970. The van der Waals surface area contributed by atoms with Gasteiger partial charge in [-0.1, -0.05) is 18.2 Å². The van der Waals surface area contributed by atoms with Gasteiger partial charge in [0.05, 0.1) is 14.9 Å². The highest BCUT2D eigenvalue weighted by molar-refractivity contribution is 9.10. The van der Waals surface area contributed by atoms with Crippen LogP contribution in [-0.4, -0.2) is 39.1 Å². The minimum absolute atomic E-state index is 0.0283. The van der Waals surface area contributed by atoms with Gasteiger partial charge in [0.2, 0.25) is 0 Å². The minimum Gasteiger partial charge on any atom is -0.488 e. The molecule has 1 N–H and O–H groups in total. The summed E-state index contributed by atoms with van der Waals surface area (Å²) in [6.45, 7) is 8.18. The van der Waals surface area contributed by atoms with E-state index in [-0.39, 0.29) is 30.2 Å². The predicted molar refractivity (Wildman–Crippen MR) is 132 cm³/mol. The van der Waals surface area contributed by atoms with E-state index in [0.717, 1.165) is 20.8 Å². The largest absolute Gasteiger partial charge is 0.488 e. The monoisotopic (exact) mass is 516 g/mol. The molecule has 1 saturated heterocycles. The highest BCUT2D eigenvalue weighted by Crippen LogP contribution is 2.35. The number of thioether (sulfide) groups is 1. The Kier molecular flexibility index (Phi) is 7.79. The maximum atomic E-state index is 12.9. The van der Waals surface area contributed by atoms with E-state index >= 15 is 0 Å². The summed E-state index contributed by atoms with van der Waals surface area (Å²) in [6, 6.07) is 12.4. The fourth-order valence-electron chi connectivity index (χ4n) is 3.08. The number of carboxylic acid groups (broad SMARTS) is 1. The molecule has 6 nitrogen and oxygen atoms in total. The van der Waals surface area contributed by atoms with Gasteiger partial charge < -0.3 is 9.84 Å². The van der Waals surface area contributed by atoms with Crippen molar-refractivity contribution in [3.63, 3.8) is 0 Å². The number of hydrogen-bond acceptors (Lipinski definition) is 5. The van der Waals surface area contributed by atoms with Gasteiger partial charge in [-0.25, -0.2) is 4.79 Å². The normalized spacial score (nSPS) is 16.6. The highest BCUT2D eigenvalue weighted by Gasteiger charge is 2.35. The van der Waals surface area contributed by atoms with Crippen LogP contribution in [0, 0.1) is 0 Å². The van der Waals surface area contributed by atoms with Crippen molar-refractivity contribution < 1.29 is 19.4 Å². The molecule has 3 rings (SSSR count). The van der Waals surface area contributed by atoms with E-state index in [4.69, 9.17) is 9.84 Å². The van der Waals surface area contributed by atoms with Crippen molar-refractivity contribution in [2.45, 2.75) is 46.4 Å². The van der Waals surface area contributed by atoms with Gasteiger partial charge in [0.1, 0.15) is 12.4 Å². The van der Waals surface area contributed by atoms with Crippen molar-refractivity contribution in [3.8, 4) is 5.75 Å². The summed E-state index contributed by atoms with van der Waals surface area (Å²) in [6.07, 6.45) is 1.86. The van der Waals surface area contributed by atoms with Crippen LogP contribution in [0.15, 0.2) is 56.8 Å². The standard InChI is InChI=1S/C24H25BrN2O4S/c1-14(2)26-24-27(15(3)4)22(28)21(32-24)12-16-8-9-20(19(25)11-16)31-13-17-6-5-7-18(10-17)23(29)30/h5-12,14-15H,13H2,1-4H3,(H,29,30)/b21-12+,26-24?. The quantitative estimate of drug-likeness (QED) is 0.469. The Hall–Kier alpha value is -2.58. The number of aromatic carboxylic acids is 1. The maximum absolute atomic E-state index is 12.9. The number of amidine groups is 1. The Morgan fingerprint density at radius 2 is 1.97 bits per heavy atom. The summed E-state index contributed by atoms with van der Waals surface area (Å²) >= 11 is 4.92. The van der Waals surface area contributed by atoms with Gasteiger partial charge in [0.15, 0.2) is 5.17 Å². The maximum Gasteiger partial charge on any atom is 0.335 e. The van der Waals surface area contributed by atoms with Crippen LogP contribution in [0.1, 0.15) is 49.2 Å². The second kappa shape index (κ2) is 10.4. The molecule has 0 atom stereocenters. The summed E-state index contributed by atoms with van der Waals surface area (Å²) < 4.78 is 6.60. The smallest absolute Gasteiger partial charge is 0.335 e. The zero-order chi connectivity index (χ0) is 23.4. The van der Waals surface area contributed by atoms with E-state index in [2.05, 4.69) is 20.9 Å². The summed E-state index contributed by atoms with van der Waals surface area (Å²) in [7, 11) is 0. The van der Waals surface area contributed by atoms with E-state index in [1.165, 1.54) is 11.8 Å². The number of aliphatic imine (C=N–C) groups is 1. The van der Waals surface area contributed by atoms with Gasteiger partial charge in [0, 0.05) is 12.1 Å². The van der Waals surface area contributed by atoms with Crippen LogP contribution in [0.2, 0.25) is 0 Å².